The van der Waals surface area contributed by atoms with Crippen LogP contribution in [0.5, 0.6) is 0 Å². The van der Waals surface area contributed by atoms with Crippen LogP contribution in [0.25, 0.3) is 39.3 Å². The zero-order valence-electron chi connectivity index (χ0n) is 34.2. The molecule has 12 heteroatoms. The average Bonchev–Trinajstić information content (AvgIpc) is 3.90. The summed E-state index contributed by atoms with van der Waals surface area (Å²) >= 11 is 0. The number of rotatable bonds is 9. The molecule has 0 aromatic carbocycles. The molecule has 0 radical (unpaired) electrons. The fourth-order valence-electron chi connectivity index (χ4n) is 7.56. The summed E-state index contributed by atoms with van der Waals surface area (Å²) in [5.41, 5.74) is 14.6. The first kappa shape index (κ1) is 42.5. The van der Waals surface area contributed by atoms with Crippen LogP contribution in [0.2, 0.25) is 0 Å². The summed E-state index contributed by atoms with van der Waals surface area (Å²) < 4.78 is 16.5. The standard InChI is InChI=1S/C30H30N4O2.C12H23NO5.C2H6/c1-7-18-15(4)22-10-21-14(3)9-25(31-21)20-13-36-30(35)28-17(6)24(34-29(20)28)12-27-19(8-2)16(5)23(33-27)11-26(18)32-22;1-2-11(16)13-4-3-5-17-12-7-9(15)6-10(8-14)18-12;1-2/h7,10-12,14,32-33H,1,8-9,13H2,2-6H3;9-10,12,14-15H,2-8H2,1H3,(H,13,16);1-2H3. The molecule has 0 saturated carbocycles. The first-order valence-corrected chi connectivity index (χ1v) is 20.0. The van der Waals surface area contributed by atoms with Gasteiger partial charge in [0.05, 0.1) is 48.1 Å². The van der Waals surface area contributed by atoms with Gasteiger partial charge in [-0.25, -0.2) is 9.78 Å². The number of nitrogens with zero attached hydrogens (tertiary/aromatic N) is 2. The minimum absolute atomic E-state index is 0.0275. The number of ether oxygens (including phenoxy) is 3. The Balaban J connectivity index is 0.000000254. The second-order valence-corrected chi connectivity index (χ2v) is 14.4. The number of nitrogens with one attached hydrogen (secondary N) is 3. The van der Waals surface area contributed by atoms with E-state index in [4.69, 9.17) is 29.3 Å². The number of H-pyrrole nitrogens is 2. The van der Waals surface area contributed by atoms with Crippen LogP contribution in [0.4, 0.5) is 0 Å². The lowest BCUT2D eigenvalue weighted by atomic mass is 9.97. The lowest BCUT2D eigenvalue weighted by Gasteiger charge is -2.32. The first-order valence-electron chi connectivity index (χ1n) is 20.0. The Labute approximate surface area is 329 Å². The topological polar surface area (TPSA) is 172 Å². The molecule has 7 heterocycles. The van der Waals surface area contributed by atoms with E-state index in [2.05, 4.69) is 67.8 Å². The summed E-state index contributed by atoms with van der Waals surface area (Å²) in [6.45, 7) is 21.6. The molecule has 3 aromatic rings. The van der Waals surface area contributed by atoms with Crippen molar-refractivity contribution < 1.29 is 34.0 Å². The fourth-order valence-corrected chi connectivity index (χ4v) is 7.56. The van der Waals surface area contributed by atoms with Gasteiger partial charge in [-0.3, -0.25) is 9.78 Å². The zero-order chi connectivity index (χ0) is 40.7. The van der Waals surface area contributed by atoms with Crippen LogP contribution in [0.3, 0.4) is 0 Å². The Bertz CT molecular complexity index is 2130. The highest BCUT2D eigenvalue weighted by Gasteiger charge is 2.34. The molecular formula is C44H59N5O7. The Morgan fingerprint density at radius 2 is 1.79 bits per heavy atom. The number of fused-ring (bicyclic) bond motifs is 8. The molecule has 56 heavy (non-hydrogen) atoms. The largest absolute Gasteiger partial charge is 0.457 e. The number of carbonyl (C=O) groups excluding carboxylic acids is 2. The summed E-state index contributed by atoms with van der Waals surface area (Å²) in [6, 6.07) is 6.38. The van der Waals surface area contributed by atoms with Crippen molar-refractivity contribution in [2.75, 3.05) is 19.8 Å². The van der Waals surface area contributed by atoms with Gasteiger partial charge in [-0.05, 0) is 80.5 Å². The third-order valence-corrected chi connectivity index (χ3v) is 10.7. The van der Waals surface area contributed by atoms with Crippen molar-refractivity contribution in [3.05, 3.63) is 75.4 Å². The van der Waals surface area contributed by atoms with E-state index in [-0.39, 0.29) is 37.1 Å². The molecule has 3 aromatic heterocycles. The summed E-state index contributed by atoms with van der Waals surface area (Å²) in [5, 5.41) is 21.3. The number of carbonyl (C=O) groups is 2. The summed E-state index contributed by atoms with van der Waals surface area (Å²) in [7, 11) is 0. The van der Waals surface area contributed by atoms with Gasteiger partial charge in [0.25, 0.3) is 0 Å². The van der Waals surface area contributed by atoms with Crippen molar-refractivity contribution in [3.63, 3.8) is 0 Å². The van der Waals surface area contributed by atoms with Crippen LogP contribution in [-0.2, 0) is 43.2 Å². The normalized spacial score (nSPS) is 20.0. The highest BCUT2D eigenvalue weighted by atomic mass is 16.7. The number of amides is 1. The number of esters is 1. The second kappa shape index (κ2) is 19.0. The molecule has 8 bridgehead atoms. The van der Waals surface area contributed by atoms with Gasteiger partial charge in [0.15, 0.2) is 6.29 Å². The van der Waals surface area contributed by atoms with E-state index >= 15 is 0 Å². The maximum atomic E-state index is 12.8. The Hall–Kier alpha value is -4.62. The van der Waals surface area contributed by atoms with Crippen LogP contribution in [0.1, 0.15) is 124 Å². The number of aliphatic hydroxyl groups is 2. The molecule has 4 atom stereocenters. The van der Waals surface area contributed by atoms with Gasteiger partial charge < -0.3 is 39.7 Å². The van der Waals surface area contributed by atoms with Crippen LogP contribution in [-0.4, -0.2) is 80.3 Å². The molecule has 1 amide bonds. The third-order valence-electron chi connectivity index (χ3n) is 10.7. The molecule has 0 spiro atoms. The summed E-state index contributed by atoms with van der Waals surface area (Å²) in [4.78, 5) is 41.0. The van der Waals surface area contributed by atoms with E-state index in [1.165, 1.54) is 11.1 Å². The van der Waals surface area contributed by atoms with Crippen molar-refractivity contribution >= 4 is 51.2 Å². The number of aromatic amines is 2. The minimum Gasteiger partial charge on any atom is -0.457 e. The molecule has 4 aliphatic rings. The molecule has 302 valence electrons. The van der Waals surface area contributed by atoms with Gasteiger partial charge in [-0.15, -0.1) is 0 Å². The number of hydrogen-bond acceptors (Lipinski definition) is 9. The molecule has 4 unspecified atom stereocenters. The van der Waals surface area contributed by atoms with Crippen LogP contribution < -0.4 is 5.32 Å². The average molecular weight is 770 g/mol. The first-order chi connectivity index (χ1) is 27.0. The Morgan fingerprint density at radius 3 is 2.48 bits per heavy atom. The molecule has 12 nitrogen and oxygen atoms in total. The van der Waals surface area contributed by atoms with E-state index in [9.17, 15) is 14.7 Å². The van der Waals surface area contributed by atoms with Crippen molar-refractivity contribution in [1.29, 1.82) is 0 Å². The van der Waals surface area contributed by atoms with Gasteiger partial charge in [0, 0.05) is 70.6 Å². The molecule has 5 N–H and O–H groups in total. The number of aromatic nitrogens is 4. The summed E-state index contributed by atoms with van der Waals surface area (Å²) in [6.07, 6.45) is 4.34. The quantitative estimate of drug-likeness (QED) is 0.111. The minimum atomic E-state index is -0.485. The van der Waals surface area contributed by atoms with Gasteiger partial charge in [0.1, 0.15) is 6.61 Å². The Morgan fingerprint density at radius 1 is 1.05 bits per heavy atom. The van der Waals surface area contributed by atoms with Crippen LogP contribution in [0.15, 0.2) is 24.8 Å². The number of aliphatic hydroxyl groups excluding tert-OH is 2. The van der Waals surface area contributed by atoms with Gasteiger partial charge >= 0.3 is 5.97 Å². The van der Waals surface area contributed by atoms with Crippen molar-refractivity contribution in [2.45, 2.75) is 125 Å². The molecule has 0 aliphatic carbocycles. The lowest BCUT2D eigenvalue weighted by molar-refractivity contribution is -0.221. The molecule has 1 fully saturated rings. The molecule has 7 rings (SSSR count). The van der Waals surface area contributed by atoms with Crippen molar-refractivity contribution in [1.82, 2.24) is 25.3 Å². The summed E-state index contributed by atoms with van der Waals surface area (Å²) in [5.74, 6) is -0.0365. The molecule has 4 aliphatic heterocycles. The zero-order valence-corrected chi connectivity index (χ0v) is 34.2. The maximum Gasteiger partial charge on any atom is 0.341 e. The molecule has 1 saturated heterocycles. The number of hydrogen-bond donors (Lipinski definition) is 5. The third kappa shape index (κ3) is 9.15. The van der Waals surface area contributed by atoms with Gasteiger partial charge in [-0.1, -0.05) is 47.3 Å². The smallest absolute Gasteiger partial charge is 0.341 e. The van der Waals surface area contributed by atoms with E-state index in [0.29, 0.717) is 44.4 Å². The SMILES string of the molecule is C=Cc1c(C)c2cc3nc(c4c5nc(cc6[nH]c(cc1[nH]2)c(C)c6CC)C(C)=C5C(=O)OC4)CC3C.CC.CCC(=O)NCCCOC1CC(O)CC(CO)O1. The van der Waals surface area contributed by atoms with E-state index < -0.39 is 12.4 Å². The lowest BCUT2D eigenvalue weighted by Crippen LogP contribution is -2.39. The highest BCUT2D eigenvalue weighted by molar-refractivity contribution is 6.26. The fraction of sp³-hybridized carbons (Fsp3) is 0.500. The monoisotopic (exact) mass is 769 g/mol. The predicted octanol–water partition coefficient (Wildman–Crippen LogP) is 7.27. The van der Waals surface area contributed by atoms with Gasteiger partial charge in [0.2, 0.25) is 5.91 Å². The predicted molar refractivity (Wildman–Crippen MR) is 221 cm³/mol. The second-order valence-electron chi connectivity index (χ2n) is 14.4. The number of cyclic esters (lactones) is 1. The number of aryl methyl sites for hydroxylation is 3. The van der Waals surface area contributed by atoms with E-state index in [0.717, 1.165) is 79.9 Å². The highest BCUT2D eigenvalue weighted by Crippen LogP contribution is 2.39. The van der Waals surface area contributed by atoms with Gasteiger partial charge in [-0.2, -0.15) is 0 Å². The van der Waals surface area contributed by atoms with Crippen LogP contribution >= 0.6 is 0 Å². The van der Waals surface area contributed by atoms with Crippen LogP contribution in [0, 0.1) is 13.8 Å². The molecular weight excluding hydrogens is 711 g/mol. The van der Waals surface area contributed by atoms with Crippen molar-refractivity contribution in [3.8, 4) is 0 Å². The van der Waals surface area contributed by atoms with E-state index in [1.807, 2.05) is 26.8 Å². The number of allylic oxidation sites excluding steroid dienone is 1. The van der Waals surface area contributed by atoms with E-state index in [1.54, 1.807) is 6.92 Å². The Kier molecular flexibility index (Phi) is 14.4. The van der Waals surface area contributed by atoms with Crippen molar-refractivity contribution in [2.24, 2.45) is 0 Å². The maximum absolute atomic E-state index is 12.8.